The van der Waals surface area contributed by atoms with Gasteiger partial charge in [-0.1, -0.05) is 41.4 Å². The van der Waals surface area contributed by atoms with Crippen LogP contribution in [0.5, 0.6) is 0 Å². The lowest BCUT2D eigenvalue weighted by molar-refractivity contribution is -0.384. The highest BCUT2D eigenvalue weighted by Crippen LogP contribution is 2.29. The molecule has 2 aromatic carbocycles. The van der Waals surface area contributed by atoms with Crippen molar-refractivity contribution in [2.75, 3.05) is 11.1 Å². The van der Waals surface area contributed by atoms with Gasteiger partial charge in [-0.3, -0.25) is 14.9 Å². The second-order valence-electron chi connectivity index (χ2n) is 4.57. The van der Waals surface area contributed by atoms with Crippen LogP contribution in [-0.4, -0.2) is 16.6 Å². The van der Waals surface area contributed by atoms with Crippen LogP contribution in [-0.2, 0) is 10.5 Å². The Bertz CT molecular complexity index is 740. The number of rotatable bonds is 6. The number of nitro benzene ring substituents is 1. The van der Waals surface area contributed by atoms with E-state index in [2.05, 4.69) is 5.32 Å². The molecule has 120 valence electrons. The molecule has 23 heavy (non-hydrogen) atoms. The number of nitrogens with one attached hydrogen (secondary N) is 1. The first kappa shape index (κ1) is 17.6. The van der Waals surface area contributed by atoms with Crippen LogP contribution in [0.3, 0.4) is 0 Å². The summed E-state index contributed by atoms with van der Waals surface area (Å²) in [4.78, 5) is 22.2. The second-order valence-corrected chi connectivity index (χ2v) is 6.34. The fourth-order valence-corrected chi connectivity index (χ4v) is 2.93. The third-order valence-electron chi connectivity index (χ3n) is 2.85. The Morgan fingerprint density at radius 1 is 1.22 bits per heavy atom. The van der Waals surface area contributed by atoms with Crippen LogP contribution in [0.1, 0.15) is 5.56 Å². The normalized spacial score (nSPS) is 10.3. The summed E-state index contributed by atoms with van der Waals surface area (Å²) in [5, 5.41) is 14.1. The molecule has 8 heteroatoms. The molecule has 2 aromatic rings. The summed E-state index contributed by atoms with van der Waals surface area (Å²) >= 11 is 13.2. The molecule has 1 N–H and O–H groups in total. The van der Waals surface area contributed by atoms with Crippen LogP contribution in [0.25, 0.3) is 0 Å². The molecule has 0 radical (unpaired) electrons. The Labute approximate surface area is 147 Å². The molecule has 0 aliphatic rings. The summed E-state index contributed by atoms with van der Waals surface area (Å²) < 4.78 is 0. The zero-order valence-corrected chi connectivity index (χ0v) is 14.1. The van der Waals surface area contributed by atoms with Gasteiger partial charge in [0.05, 0.1) is 26.4 Å². The van der Waals surface area contributed by atoms with Crippen molar-refractivity contribution in [3.05, 3.63) is 68.2 Å². The van der Waals surface area contributed by atoms with Crippen molar-refractivity contribution in [3.8, 4) is 0 Å². The molecule has 0 fully saturated rings. The molecule has 0 saturated heterocycles. The Hall–Kier alpha value is -1.76. The Morgan fingerprint density at radius 3 is 2.70 bits per heavy atom. The number of benzene rings is 2. The van der Waals surface area contributed by atoms with Crippen LogP contribution in [0.4, 0.5) is 11.4 Å². The van der Waals surface area contributed by atoms with Crippen molar-refractivity contribution in [2.45, 2.75) is 5.75 Å². The fourth-order valence-electron chi connectivity index (χ4n) is 1.81. The number of anilines is 1. The molecule has 2 rings (SSSR count). The average Bonchev–Trinajstić information content (AvgIpc) is 2.52. The lowest BCUT2D eigenvalue weighted by Crippen LogP contribution is -2.14. The van der Waals surface area contributed by atoms with Crippen LogP contribution < -0.4 is 5.32 Å². The lowest BCUT2D eigenvalue weighted by atomic mass is 10.2. The molecule has 0 saturated carbocycles. The predicted molar refractivity (Wildman–Crippen MR) is 94.4 cm³/mol. The Balaban J connectivity index is 1.86. The maximum Gasteiger partial charge on any atom is 0.269 e. The smallest absolute Gasteiger partial charge is 0.269 e. The van der Waals surface area contributed by atoms with Crippen LogP contribution >= 0.6 is 35.0 Å². The van der Waals surface area contributed by atoms with Crippen molar-refractivity contribution >= 4 is 52.2 Å². The summed E-state index contributed by atoms with van der Waals surface area (Å²) in [7, 11) is 0. The van der Waals surface area contributed by atoms with Crippen molar-refractivity contribution in [3.63, 3.8) is 0 Å². The van der Waals surface area contributed by atoms with E-state index in [4.69, 9.17) is 23.2 Å². The number of carbonyl (C=O) groups is 1. The van der Waals surface area contributed by atoms with E-state index in [1.807, 2.05) is 0 Å². The minimum atomic E-state index is -0.442. The molecule has 0 atom stereocenters. The lowest BCUT2D eigenvalue weighted by Gasteiger charge is -2.08. The predicted octanol–water partition coefficient (Wildman–Crippen LogP) is 4.77. The molecule has 0 aromatic heterocycles. The quantitative estimate of drug-likeness (QED) is 0.586. The van der Waals surface area contributed by atoms with Crippen LogP contribution in [0, 0.1) is 10.1 Å². The van der Waals surface area contributed by atoms with Crippen molar-refractivity contribution < 1.29 is 9.72 Å². The number of nitrogens with zero attached hydrogens (tertiary/aromatic N) is 1. The highest BCUT2D eigenvalue weighted by atomic mass is 35.5. The molecule has 5 nitrogen and oxygen atoms in total. The monoisotopic (exact) mass is 370 g/mol. The Kier molecular flexibility index (Phi) is 6.27. The highest BCUT2D eigenvalue weighted by molar-refractivity contribution is 7.99. The van der Waals surface area contributed by atoms with Gasteiger partial charge in [-0.25, -0.2) is 0 Å². The van der Waals surface area contributed by atoms with Gasteiger partial charge in [-0.15, -0.1) is 11.8 Å². The third-order valence-corrected chi connectivity index (χ3v) is 4.67. The number of amides is 1. The molecule has 0 unspecified atom stereocenters. The summed E-state index contributed by atoms with van der Waals surface area (Å²) in [6.45, 7) is 0. The zero-order valence-electron chi connectivity index (χ0n) is 11.8. The van der Waals surface area contributed by atoms with Crippen molar-refractivity contribution in [2.24, 2.45) is 0 Å². The molecular weight excluding hydrogens is 359 g/mol. The first-order valence-electron chi connectivity index (χ1n) is 6.52. The first-order valence-corrected chi connectivity index (χ1v) is 8.43. The molecule has 0 aliphatic heterocycles. The van der Waals surface area contributed by atoms with Gasteiger partial charge < -0.3 is 5.32 Å². The molecule has 0 heterocycles. The number of halogens is 2. The number of nitro groups is 1. The minimum absolute atomic E-state index is 0.0401. The summed E-state index contributed by atoms with van der Waals surface area (Å²) in [6.07, 6.45) is 0. The van der Waals surface area contributed by atoms with E-state index < -0.39 is 4.92 Å². The van der Waals surface area contributed by atoms with Gasteiger partial charge in [-0.05, 0) is 17.7 Å². The maximum absolute atomic E-state index is 11.9. The molecule has 0 aliphatic carbocycles. The van der Waals surface area contributed by atoms with E-state index >= 15 is 0 Å². The van der Waals surface area contributed by atoms with E-state index in [0.717, 1.165) is 5.56 Å². The summed E-state index contributed by atoms with van der Waals surface area (Å²) in [5.74, 6) is 0.480. The van der Waals surface area contributed by atoms with Gasteiger partial charge in [0.15, 0.2) is 0 Å². The van der Waals surface area contributed by atoms with E-state index in [1.54, 1.807) is 30.3 Å². The minimum Gasteiger partial charge on any atom is -0.324 e. The maximum atomic E-state index is 11.9. The van der Waals surface area contributed by atoms with Gasteiger partial charge >= 0.3 is 0 Å². The summed E-state index contributed by atoms with van der Waals surface area (Å²) in [6, 6.07) is 11.3. The SMILES string of the molecule is O=C(CSCc1cccc([N+](=O)[O-])c1)Nc1cccc(Cl)c1Cl. The molecule has 1 amide bonds. The van der Waals surface area contributed by atoms with Crippen molar-refractivity contribution in [1.82, 2.24) is 0 Å². The van der Waals surface area contributed by atoms with Gasteiger partial charge in [0.25, 0.3) is 5.69 Å². The molecular formula is C15H12Cl2N2O3S. The van der Waals surface area contributed by atoms with E-state index in [-0.39, 0.29) is 17.3 Å². The van der Waals surface area contributed by atoms with Gasteiger partial charge in [0.2, 0.25) is 5.91 Å². The Morgan fingerprint density at radius 2 is 1.96 bits per heavy atom. The first-order chi connectivity index (χ1) is 11.0. The average molecular weight is 371 g/mol. The largest absolute Gasteiger partial charge is 0.324 e. The van der Waals surface area contributed by atoms with E-state index in [0.29, 0.717) is 21.5 Å². The summed E-state index contributed by atoms with van der Waals surface area (Å²) in [5.41, 5.74) is 1.29. The van der Waals surface area contributed by atoms with Crippen LogP contribution in [0.2, 0.25) is 10.0 Å². The zero-order chi connectivity index (χ0) is 16.8. The van der Waals surface area contributed by atoms with Crippen molar-refractivity contribution in [1.29, 1.82) is 0 Å². The van der Waals surface area contributed by atoms with Gasteiger partial charge in [0, 0.05) is 17.9 Å². The number of non-ortho nitro benzene ring substituents is 1. The van der Waals surface area contributed by atoms with Crippen LogP contribution in [0.15, 0.2) is 42.5 Å². The van der Waals surface area contributed by atoms with Gasteiger partial charge in [0.1, 0.15) is 0 Å². The third kappa shape index (κ3) is 5.13. The topological polar surface area (TPSA) is 72.2 Å². The molecule has 0 bridgehead atoms. The second kappa shape index (κ2) is 8.19. The number of hydrogen-bond acceptors (Lipinski definition) is 4. The van der Waals surface area contributed by atoms with Gasteiger partial charge in [-0.2, -0.15) is 0 Å². The fraction of sp³-hybridized carbons (Fsp3) is 0.133. The number of thioether (sulfide) groups is 1. The molecule has 0 spiro atoms. The highest BCUT2D eigenvalue weighted by Gasteiger charge is 2.09. The van der Waals surface area contributed by atoms with E-state index in [1.165, 1.54) is 23.9 Å². The van der Waals surface area contributed by atoms with E-state index in [9.17, 15) is 14.9 Å². The number of hydrogen-bond donors (Lipinski definition) is 1. The number of carbonyl (C=O) groups excluding carboxylic acids is 1. The standard InChI is InChI=1S/C15H12Cl2N2O3S/c16-12-5-2-6-13(15(12)17)18-14(20)9-23-8-10-3-1-4-11(7-10)19(21)22/h1-7H,8-9H2,(H,18,20).